The number of alkyl halides is 3. The number of anilines is 1. The number of carbonyl (C=O) groups excluding carboxylic acids is 1. The molecule has 26 heavy (non-hydrogen) atoms. The largest absolute Gasteiger partial charge is 0.410 e. The van der Waals surface area contributed by atoms with Crippen molar-refractivity contribution in [3.63, 3.8) is 0 Å². The highest BCUT2D eigenvalue weighted by Gasteiger charge is 2.48. The van der Waals surface area contributed by atoms with Crippen LogP contribution in [-0.4, -0.2) is 39.9 Å². The Hall–Kier alpha value is -1.74. The zero-order valence-corrected chi connectivity index (χ0v) is 15.2. The second-order valence-electron chi connectivity index (χ2n) is 6.46. The molecule has 2 aromatic heterocycles. The molecule has 2 aliphatic rings. The highest BCUT2D eigenvalue weighted by atomic mass is 35.5. The summed E-state index contributed by atoms with van der Waals surface area (Å²) in [7, 11) is 0. The van der Waals surface area contributed by atoms with Gasteiger partial charge in [0.1, 0.15) is 10.8 Å². The maximum atomic E-state index is 13.7. The standard InChI is InChI=1S/C16H16ClF3N4OS/c17-12-13(15(25)23-5-1-2-6-23)22-24-11(16(18,19)20)8-9(21-14(12)24)10-4-3-7-26-10/h3-4,7,9,11,21H,1-2,5-6,8H2/t9-,11-/m0/s1. The number of thiophene rings is 1. The van der Waals surface area contributed by atoms with Crippen LogP contribution < -0.4 is 5.32 Å². The molecule has 1 N–H and O–H groups in total. The number of aromatic nitrogens is 2. The van der Waals surface area contributed by atoms with Gasteiger partial charge < -0.3 is 10.2 Å². The monoisotopic (exact) mass is 404 g/mol. The van der Waals surface area contributed by atoms with Crippen LogP contribution in [0.1, 0.15) is 46.7 Å². The molecule has 0 radical (unpaired) electrons. The number of amides is 1. The van der Waals surface area contributed by atoms with Crippen LogP contribution in [0.2, 0.25) is 5.02 Å². The van der Waals surface area contributed by atoms with Gasteiger partial charge in [0.05, 0.1) is 6.04 Å². The molecule has 4 heterocycles. The van der Waals surface area contributed by atoms with Crippen molar-refractivity contribution >= 4 is 34.7 Å². The van der Waals surface area contributed by atoms with Crippen LogP contribution >= 0.6 is 22.9 Å². The van der Waals surface area contributed by atoms with E-state index < -0.39 is 24.2 Å². The minimum absolute atomic E-state index is 0.0441. The highest BCUT2D eigenvalue weighted by Crippen LogP contribution is 2.47. The minimum Gasteiger partial charge on any atom is -0.361 e. The summed E-state index contributed by atoms with van der Waals surface area (Å²) in [6.45, 7) is 1.15. The van der Waals surface area contributed by atoms with Gasteiger partial charge in [0, 0.05) is 24.4 Å². The van der Waals surface area contributed by atoms with Gasteiger partial charge >= 0.3 is 6.18 Å². The number of hydrogen-bond donors (Lipinski definition) is 1. The zero-order chi connectivity index (χ0) is 18.5. The lowest BCUT2D eigenvalue weighted by atomic mass is 10.0. The van der Waals surface area contributed by atoms with Gasteiger partial charge in [-0.3, -0.25) is 4.79 Å². The zero-order valence-electron chi connectivity index (χ0n) is 13.6. The quantitative estimate of drug-likeness (QED) is 0.802. The summed E-state index contributed by atoms with van der Waals surface area (Å²) < 4.78 is 41.8. The van der Waals surface area contributed by atoms with E-state index in [1.54, 1.807) is 17.0 Å². The summed E-state index contributed by atoms with van der Waals surface area (Å²) in [5.74, 6) is -0.356. The van der Waals surface area contributed by atoms with Crippen molar-refractivity contribution in [1.29, 1.82) is 0 Å². The minimum atomic E-state index is -4.49. The predicted octanol–water partition coefficient (Wildman–Crippen LogP) is 4.49. The van der Waals surface area contributed by atoms with Gasteiger partial charge in [0.2, 0.25) is 0 Å². The Morgan fingerprint density at radius 1 is 1.35 bits per heavy atom. The molecule has 1 saturated heterocycles. The Balaban J connectivity index is 1.74. The van der Waals surface area contributed by atoms with Crippen molar-refractivity contribution in [1.82, 2.24) is 14.7 Å². The molecule has 4 rings (SSSR count). The molecular formula is C16H16ClF3N4OS. The van der Waals surface area contributed by atoms with Crippen LogP contribution in [0.5, 0.6) is 0 Å². The van der Waals surface area contributed by atoms with Crippen molar-refractivity contribution in [3.8, 4) is 0 Å². The first-order valence-corrected chi connectivity index (χ1v) is 9.56. The first-order chi connectivity index (χ1) is 12.4. The van der Waals surface area contributed by atoms with Crippen molar-refractivity contribution in [3.05, 3.63) is 33.1 Å². The molecule has 5 nitrogen and oxygen atoms in total. The van der Waals surface area contributed by atoms with E-state index in [1.165, 1.54) is 11.3 Å². The molecule has 0 unspecified atom stereocenters. The number of nitrogens with zero attached hydrogens (tertiary/aromatic N) is 3. The molecule has 2 aliphatic heterocycles. The maximum Gasteiger partial charge on any atom is 0.410 e. The molecule has 0 spiro atoms. The van der Waals surface area contributed by atoms with Crippen LogP contribution in [-0.2, 0) is 0 Å². The molecule has 0 aromatic carbocycles. The molecule has 10 heteroatoms. The summed E-state index contributed by atoms with van der Waals surface area (Å²) in [6.07, 6.45) is -2.94. The lowest BCUT2D eigenvalue weighted by molar-refractivity contribution is -0.173. The SMILES string of the molecule is O=C(c1nn2c(c1Cl)N[C@H](c1cccs1)C[C@H]2C(F)(F)F)N1CCCC1. The molecule has 1 amide bonds. The Morgan fingerprint density at radius 3 is 2.69 bits per heavy atom. The second kappa shape index (κ2) is 6.45. The van der Waals surface area contributed by atoms with Crippen LogP contribution in [0, 0.1) is 0 Å². The summed E-state index contributed by atoms with van der Waals surface area (Å²) in [6, 6.07) is 1.22. The van der Waals surface area contributed by atoms with Gasteiger partial charge in [-0.1, -0.05) is 17.7 Å². The van der Waals surface area contributed by atoms with E-state index in [0.29, 0.717) is 13.1 Å². The van der Waals surface area contributed by atoms with Crippen molar-refractivity contribution in [2.24, 2.45) is 0 Å². The number of halogens is 4. The topological polar surface area (TPSA) is 50.2 Å². The van der Waals surface area contributed by atoms with Gasteiger partial charge in [-0.25, -0.2) is 4.68 Å². The lowest BCUT2D eigenvalue weighted by Gasteiger charge is -2.32. The molecule has 2 atom stereocenters. The van der Waals surface area contributed by atoms with Gasteiger partial charge in [-0.2, -0.15) is 18.3 Å². The fourth-order valence-corrected chi connectivity index (χ4v) is 4.52. The van der Waals surface area contributed by atoms with Crippen LogP contribution in [0.25, 0.3) is 0 Å². The molecule has 1 fully saturated rings. The molecule has 2 aromatic rings. The number of rotatable bonds is 2. The highest BCUT2D eigenvalue weighted by molar-refractivity contribution is 7.10. The molecular weight excluding hydrogens is 389 g/mol. The van der Waals surface area contributed by atoms with Gasteiger partial charge in [0.15, 0.2) is 11.7 Å². The molecule has 0 saturated carbocycles. The second-order valence-corrected chi connectivity index (χ2v) is 7.82. The van der Waals surface area contributed by atoms with E-state index in [1.807, 2.05) is 5.38 Å². The summed E-state index contributed by atoms with van der Waals surface area (Å²) in [4.78, 5) is 15.0. The first-order valence-electron chi connectivity index (χ1n) is 8.30. The maximum absolute atomic E-state index is 13.7. The van der Waals surface area contributed by atoms with E-state index in [0.717, 1.165) is 22.4 Å². The number of fused-ring (bicyclic) bond motifs is 1. The Labute approximate surface area is 156 Å². The number of nitrogens with one attached hydrogen (secondary N) is 1. The average molecular weight is 405 g/mol. The fourth-order valence-electron chi connectivity index (χ4n) is 3.47. The molecule has 0 bridgehead atoms. The summed E-state index contributed by atoms with van der Waals surface area (Å²) >= 11 is 7.68. The van der Waals surface area contributed by atoms with Crippen molar-refractivity contribution in [2.45, 2.75) is 37.5 Å². The van der Waals surface area contributed by atoms with Crippen molar-refractivity contribution in [2.75, 3.05) is 18.4 Å². The van der Waals surface area contributed by atoms with Gasteiger partial charge in [0.25, 0.3) is 5.91 Å². The number of hydrogen-bond acceptors (Lipinski definition) is 4. The van der Waals surface area contributed by atoms with E-state index in [2.05, 4.69) is 10.4 Å². The summed E-state index contributed by atoms with van der Waals surface area (Å²) in [5.41, 5.74) is -0.114. The van der Waals surface area contributed by atoms with Gasteiger partial charge in [-0.05, 0) is 24.3 Å². The molecule has 140 valence electrons. The normalized spacial score (nSPS) is 23.0. The smallest absolute Gasteiger partial charge is 0.361 e. The molecule has 0 aliphatic carbocycles. The summed E-state index contributed by atoms with van der Waals surface area (Å²) in [5, 5.41) is 8.79. The third-order valence-electron chi connectivity index (χ3n) is 4.78. The Kier molecular flexibility index (Phi) is 4.38. The Bertz CT molecular complexity index is 814. The average Bonchev–Trinajstić information content (AvgIpc) is 3.34. The number of likely N-dealkylation sites (tertiary alicyclic amines) is 1. The van der Waals surface area contributed by atoms with Crippen molar-refractivity contribution < 1.29 is 18.0 Å². The van der Waals surface area contributed by atoms with E-state index in [-0.39, 0.29) is 23.0 Å². The third-order valence-corrected chi connectivity index (χ3v) is 6.12. The van der Waals surface area contributed by atoms with Crippen LogP contribution in [0.3, 0.4) is 0 Å². The van der Waals surface area contributed by atoms with Crippen LogP contribution in [0.15, 0.2) is 17.5 Å². The first kappa shape index (κ1) is 17.7. The lowest BCUT2D eigenvalue weighted by Crippen LogP contribution is -2.35. The van der Waals surface area contributed by atoms with Crippen LogP contribution in [0.4, 0.5) is 19.0 Å². The van der Waals surface area contributed by atoms with E-state index >= 15 is 0 Å². The predicted molar refractivity (Wildman–Crippen MR) is 92.8 cm³/mol. The third kappa shape index (κ3) is 2.96. The number of carbonyl (C=O) groups is 1. The van der Waals surface area contributed by atoms with Gasteiger partial charge in [-0.15, -0.1) is 11.3 Å². The van der Waals surface area contributed by atoms with E-state index in [4.69, 9.17) is 11.6 Å². The van der Waals surface area contributed by atoms with E-state index in [9.17, 15) is 18.0 Å². The fraction of sp³-hybridized carbons (Fsp3) is 0.500. The Morgan fingerprint density at radius 2 is 2.08 bits per heavy atom.